The van der Waals surface area contributed by atoms with Crippen LogP contribution in [-0.2, 0) is 0 Å². The normalized spacial score (nSPS) is 12.0. The second-order valence-electron chi connectivity index (χ2n) is 1.40. The molecule has 1 heterocycles. The molecule has 0 atom stereocenters. The average molecular weight is 125 g/mol. The third-order valence-electron chi connectivity index (χ3n) is 0.782. The van der Waals surface area contributed by atoms with E-state index in [1.807, 2.05) is 0 Å². The lowest BCUT2D eigenvalue weighted by atomic mass is 10.3. The van der Waals surface area contributed by atoms with E-state index in [1.54, 1.807) is 0 Å². The van der Waals surface area contributed by atoms with E-state index in [9.17, 15) is 4.79 Å². The molecule has 1 rings (SSSR count). The van der Waals surface area contributed by atoms with Crippen LogP contribution in [0.3, 0.4) is 0 Å². The molecule has 9 heavy (non-hydrogen) atoms. The smallest absolute Gasteiger partial charge is 0.337 e. The standard InChI is InChI=1S/C6H5NO2/c8-6(9)5-2-1-3-7-4-5/h1-4H,(H,8,9)/i1D,4D. The second-order valence-corrected chi connectivity index (χ2v) is 1.40. The van der Waals surface area contributed by atoms with Gasteiger partial charge in [-0.25, -0.2) is 4.79 Å². The van der Waals surface area contributed by atoms with Crippen molar-refractivity contribution in [1.82, 2.24) is 4.98 Å². The van der Waals surface area contributed by atoms with Crippen LogP contribution in [0.15, 0.2) is 24.5 Å². The van der Waals surface area contributed by atoms with E-state index >= 15 is 0 Å². The fraction of sp³-hybridized carbons (Fsp3) is 0. The van der Waals surface area contributed by atoms with Crippen LogP contribution in [0.25, 0.3) is 0 Å². The van der Waals surface area contributed by atoms with Crippen molar-refractivity contribution in [3.05, 3.63) is 30.0 Å². The molecular weight excluding hydrogens is 118 g/mol. The first-order chi connectivity index (χ1) is 5.11. The van der Waals surface area contributed by atoms with Crippen LogP contribution >= 0.6 is 0 Å². The number of carbonyl (C=O) groups is 1. The molecule has 0 aliphatic rings. The van der Waals surface area contributed by atoms with E-state index in [1.165, 1.54) is 0 Å². The third kappa shape index (κ3) is 1.25. The molecule has 0 unspecified atom stereocenters. The quantitative estimate of drug-likeness (QED) is 0.603. The highest BCUT2D eigenvalue weighted by Crippen LogP contribution is 1.92. The minimum atomic E-state index is -1.23. The predicted molar refractivity (Wildman–Crippen MR) is 31.2 cm³/mol. The molecule has 0 spiro atoms. The van der Waals surface area contributed by atoms with Gasteiger partial charge in [0.05, 0.1) is 8.30 Å². The van der Waals surface area contributed by atoms with E-state index in [4.69, 9.17) is 7.85 Å². The fourth-order valence-corrected chi connectivity index (χ4v) is 0.402. The number of hydrogen-bond donors (Lipinski definition) is 1. The van der Waals surface area contributed by atoms with Gasteiger partial charge in [0.2, 0.25) is 0 Å². The summed E-state index contributed by atoms with van der Waals surface area (Å²) < 4.78 is 14.0. The van der Waals surface area contributed by atoms with Crippen molar-refractivity contribution >= 4 is 5.97 Å². The fourth-order valence-electron chi connectivity index (χ4n) is 0.402. The van der Waals surface area contributed by atoms with Gasteiger partial charge in [-0.2, -0.15) is 0 Å². The van der Waals surface area contributed by atoms with E-state index in [0.29, 0.717) is 0 Å². The summed E-state index contributed by atoms with van der Waals surface area (Å²) in [7, 11) is 0. The maximum atomic E-state index is 10.3. The molecule has 0 aromatic carbocycles. The highest BCUT2D eigenvalue weighted by molar-refractivity contribution is 5.86. The molecule has 46 valence electrons. The van der Waals surface area contributed by atoms with Crippen molar-refractivity contribution in [1.29, 1.82) is 0 Å². The molecule has 0 radical (unpaired) electrons. The Morgan fingerprint density at radius 3 is 3.22 bits per heavy atom. The molecule has 1 aromatic heterocycles. The van der Waals surface area contributed by atoms with Crippen LogP contribution in [0, 0.1) is 0 Å². The van der Waals surface area contributed by atoms with Gasteiger partial charge in [0, 0.05) is 12.4 Å². The first kappa shape index (κ1) is 3.61. The lowest BCUT2D eigenvalue weighted by Crippen LogP contribution is -1.94. The Bertz CT molecular complexity index is 301. The van der Waals surface area contributed by atoms with Gasteiger partial charge in [0.15, 0.2) is 0 Å². The van der Waals surface area contributed by atoms with Crippen molar-refractivity contribution in [3.8, 4) is 0 Å². The first-order valence-corrected chi connectivity index (χ1v) is 2.28. The van der Waals surface area contributed by atoms with Crippen molar-refractivity contribution in [2.75, 3.05) is 0 Å². The summed E-state index contributed by atoms with van der Waals surface area (Å²) >= 11 is 0. The van der Waals surface area contributed by atoms with Crippen LogP contribution in [0.5, 0.6) is 0 Å². The Kier molecular flexibility index (Phi) is 0.906. The monoisotopic (exact) mass is 125 g/mol. The van der Waals surface area contributed by atoms with Crippen LogP contribution in [0.4, 0.5) is 0 Å². The van der Waals surface area contributed by atoms with E-state index in [2.05, 4.69) is 4.98 Å². The van der Waals surface area contributed by atoms with Crippen molar-refractivity contribution in [2.24, 2.45) is 0 Å². The number of pyridine rings is 1. The highest BCUT2D eigenvalue weighted by Gasteiger charge is 1.97. The molecule has 0 saturated heterocycles. The van der Waals surface area contributed by atoms with E-state index in [-0.39, 0.29) is 17.8 Å². The van der Waals surface area contributed by atoms with Crippen molar-refractivity contribution < 1.29 is 12.6 Å². The van der Waals surface area contributed by atoms with Crippen LogP contribution in [-0.4, -0.2) is 16.1 Å². The summed E-state index contributed by atoms with van der Waals surface area (Å²) in [4.78, 5) is 13.7. The van der Waals surface area contributed by atoms with Gasteiger partial charge < -0.3 is 5.11 Å². The van der Waals surface area contributed by atoms with Gasteiger partial charge in [0.25, 0.3) is 0 Å². The van der Waals surface area contributed by atoms with Gasteiger partial charge in [-0.1, -0.05) is 0 Å². The summed E-state index contributed by atoms with van der Waals surface area (Å²) in [6, 6.07) is 1.09. The molecular formula is C6H5NO2. The van der Waals surface area contributed by atoms with Gasteiger partial charge in [-0.05, 0) is 12.1 Å². The SMILES string of the molecule is [2H]c1cnc([2H])c(C(=O)O)c1. The molecule has 0 saturated carbocycles. The maximum Gasteiger partial charge on any atom is 0.337 e. The Labute approximate surface area is 54.8 Å². The summed E-state index contributed by atoms with van der Waals surface area (Å²) in [6.45, 7) is 0. The molecule has 1 N–H and O–H groups in total. The highest BCUT2D eigenvalue weighted by atomic mass is 16.4. The molecule has 3 heteroatoms. The van der Waals surface area contributed by atoms with Crippen molar-refractivity contribution in [2.45, 2.75) is 0 Å². The number of aromatic nitrogens is 1. The van der Waals surface area contributed by atoms with Gasteiger partial charge >= 0.3 is 5.97 Å². The molecule has 0 bridgehead atoms. The molecule has 3 nitrogen and oxygen atoms in total. The Morgan fingerprint density at radius 2 is 2.67 bits per heavy atom. The van der Waals surface area contributed by atoms with Crippen LogP contribution < -0.4 is 0 Å². The lowest BCUT2D eigenvalue weighted by molar-refractivity contribution is 0.0696. The zero-order valence-electron chi connectivity index (χ0n) is 6.46. The molecule has 0 aliphatic carbocycles. The largest absolute Gasteiger partial charge is 0.478 e. The van der Waals surface area contributed by atoms with Gasteiger partial charge in [0.1, 0.15) is 0 Å². The minimum absolute atomic E-state index is 0.00148. The zero-order chi connectivity index (χ0) is 8.43. The lowest BCUT2D eigenvalue weighted by Gasteiger charge is -1.87. The first-order valence-electron chi connectivity index (χ1n) is 3.28. The number of rotatable bonds is 1. The number of nitrogens with zero attached hydrogens (tertiary/aromatic N) is 1. The molecule has 0 amide bonds. The van der Waals surface area contributed by atoms with E-state index < -0.39 is 5.97 Å². The zero-order valence-corrected chi connectivity index (χ0v) is 4.46. The third-order valence-corrected chi connectivity index (χ3v) is 0.782. The molecule has 1 aromatic rings. The summed E-state index contributed by atoms with van der Waals surface area (Å²) in [5.74, 6) is -1.23. The number of carboxylic acid groups (broad SMARTS) is 1. The average Bonchev–Trinajstić information content (AvgIpc) is 1.94. The van der Waals surface area contributed by atoms with Crippen LogP contribution in [0.2, 0.25) is 0 Å². The second kappa shape index (κ2) is 2.26. The summed E-state index contributed by atoms with van der Waals surface area (Å²) in [5.41, 5.74) is -0.238. The Morgan fingerprint density at radius 1 is 1.89 bits per heavy atom. The van der Waals surface area contributed by atoms with Gasteiger partial charge in [-0.3, -0.25) is 4.98 Å². The Hall–Kier alpha value is -1.38. The van der Waals surface area contributed by atoms with Gasteiger partial charge in [-0.15, -0.1) is 0 Å². The predicted octanol–water partition coefficient (Wildman–Crippen LogP) is 0.780. The number of hydrogen-bond acceptors (Lipinski definition) is 2. The summed E-state index contributed by atoms with van der Waals surface area (Å²) in [6.07, 6.45) is 0.822. The summed E-state index contributed by atoms with van der Waals surface area (Å²) in [5, 5.41) is 8.45. The number of aromatic carboxylic acids is 1. The molecule has 0 fully saturated rings. The molecule has 0 aliphatic heterocycles. The Balaban J connectivity index is 3.23. The number of carboxylic acids is 1. The van der Waals surface area contributed by atoms with Crippen molar-refractivity contribution in [3.63, 3.8) is 0 Å². The maximum absolute atomic E-state index is 10.3. The van der Waals surface area contributed by atoms with E-state index in [0.717, 1.165) is 12.3 Å². The topological polar surface area (TPSA) is 50.2 Å². The van der Waals surface area contributed by atoms with Crippen LogP contribution in [0.1, 0.15) is 13.1 Å². The minimum Gasteiger partial charge on any atom is -0.478 e.